The number of phenols is 1. The number of nitrogens with one attached hydrogen (secondary N) is 1. The molecular weight excluding hydrogens is 550 g/mol. The lowest BCUT2D eigenvalue weighted by molar-refractivity contribution is -0.122. The predicted molar refractivity (Wildman–Crippen MR) is 147 cm³/mol. The summed E-state index contributed by atoms with van der Waals surface area (Å²) < 4.78 is 32.8. The van der Waals surface area contributed by atoms with Crippen molar-refractivity contribution in [3.05, 3.63) is 82.3 Å². The molecular formula is C27H20F2N2O6S2. The van der Waals surface area contributed by atoms with Gasteiger partial charge in [-0.15, -0.1) is 0 Å². The number of amides is 2. The summed E-state index contributed by atoms with van der Waals surface area (Å²) in [6.45, 7) is -0.0148. The summed E-state index contributed by atoms with van der Waals surface area (Å²) in [5.41, 5.74) is 1.43. The molecule has 4 rings (SSSR count). The Kier molecular flexibility index (Phi) is 8.27. The second-order valence-corrected chi connectivity index (χ2v) is 9.93. The number of thioether (sulfide) groups is 1. The average Bonchev–Trinajstić information content (AvgIpc) is 3.15. The van der Waals surface area contributed by atoms with E-state index in [9.17, 15) is 28.3 Å². The van der Waals surface area contributed by atoms with Crippen LogP contribution in [-0.2, 0) is 9.59 Å². The third-order valence-electron chi connectivity index (χ3n) is 5.72. The first kappa shape index (κ1) is 27.7. The number of carboxylic acids is 1. The Balaban J connectivity index is 1.47. The van der Waals surface area contributed by atoms with E-state index in [-0.39, 0.29) is 33.4 Å². The number of rotatable bonds is 8. The lowest BCUT2D eigenvalue weighted by atomic mass is 10.0. The summed E-state index contributed by atoms with van der Waals surface area (Å²) in [5.74, 6) is -4.18. The van der Waals surface area contributed by atoms with Crippen molar-refractivity contribution >= 4 is 57.8 Å². The zero-order valence-electron chi connectivity index (χ0n) is 20.2. The van der Waals surface area contributed by atoms with Crippen molar-refractivity contribution in [3.63, 3.8) is 0 Å². The molecule has 12 heteroatoms. The van der Waals surface area contributed by atoms with Crippen molar-refractivity contribution in [2.24, 2.45) is 0 Å². The molecule has 2 amide bonds. The van der Waals surface area contributed by atoms with Crippen molar-refractivity contribution in [3.8, 4) is 22.6 Å². The van der Waals surface area contributed by atoms with E-state index >= 15 is 0 Å². The van der Waals surface area contributed by atoms with Crippen LogP contribution in [0.25, 0.3) is 17.2 Å². The van der Waals surface area contributed by atoms with Crippen LogP contribution in [0.4, 0.5) is 14.5 Å². The van der Waals surface area contributed by atoms with Crippen LogP contribution in [0.2, 0.25) is 0 Å². The number of benzene rings is 3. The summed E-state index contributed by atoms with van der Waals surface area (Å²) >= 11 is 6.38. The molecule has 0 atom stereocenters. The number of carboxylic acid groups (broad SMARTS) is 1. The molecule has 1 aliphatic heterocycles. The molecule has 0 radical (unpaired) electrons. The first-order chi connectivity index (χ1) is 18.6. The first-order valence-corrected chi connectivity index (χ1v) is 12.5. The van der Waals surface area contributed by atoms with Gasteiger partial charge in [0, 0.05) is 30.3 Å². The highest BCUT2D eigenvalue weighted by Crippen LogP contribution is 2.36. The molecule has 0 aromatic heterocycles. The number of methoxy groups -OCH3 is 1. The maximum absolute atomic E-state index is 13.7. The van der Waals surface area contributed by atoms with E-state index < -0.39 is 35.2 Å². The van der Waals surface area contributed by atoms with Gasteiger partial charge in [-0.3, -0.25) is 14.5 Å². The minimum Gasteiger partial charge on any atom is -0.507 e. The summed E-state index contributed by atoms with van der Waals surface area (Å²) in [7, 11) is 1.46. The molecule has 200 valence electrons. The van der Waals surface area contributed by atoms with Gasteiger partial charge < -0.3 is 20.3 Å². The summed E-state index contributed by atoms with van der Waals surface area (Å²) in [6.07, 6.45) is 1.46. The summed E-state index contributed by atoms with van der Waals surface area (Å²) in [6, 6.07) is 12.2. The monoisotopic (exact) mass is 570 g/mol. The smallest absolute Gasteiger partial charge is 0.339 e. The van der Waals surface area contributed by atoms with Gasteiger partial charge >= 0.3 is 5.97 Å². The van der Waals surface area contributed by atoms with Crippen molar-refractivity contribution in [1.29, 1.82) is 0 Å². The maximum atomic E-state index is 13.7. The van der Waals surface area contributed by atoms with Gasteiger partial charge in [-0.1, -0.05) is 36.1 Å². The summed E-state index contributed by atoms with van der Waals surface area (Å²) in [5, 5.41) is 21.3. The van der Waals surface area contributed by atoms with E-state index in [0.29, 0.717) is 22.4 Å². The molecule has 3 N–H and O–H groups in total. The highest BCUT2D eigenvalue weighted by Gasteiger charge is 2.32. The van der Waals surface area contributed by atoms with Gasteiger partial charge in [0.25, 0.3) is 5.91 Å². The normalized spacial score (nSPS) is 14.1. The standard InChI is InChI=1S/C27H20F2N2O6S2/c1-37-22-7-3-14(15-2-6-19(28)20(29)11-15)10-16(22)12-23-25(34)31(27(38)39-23)9-8-24(33)30-17-4-5-18(26(35)36)21(32)13-17/h2-7,10-13,32H,8-9H2,1H3,(H,30,33)(H,35,36)/b23-12-. The number of carbonyl (C=O) groups excluding carboxylic acids is 2. The molecule has 1 fully saturated rings. The Bertz CT molecular complexity index is 1540. The molecule has 1 aliphatic rings. The molecule has 8 nitrogen and oxygen atoms in total. The van der Waals surface area contributed by atoms with Crippen LogP contribution >= 0.6 is 24.0 Å². The van der Waals surface area contributed by atoms with E-state index in [1.807, 2.05) is 0 Å². The maximum Gasteiger partial charge on any atom is 0.339 e. The highest BCUT2D eigenvalue weighted by molar-refractivity contribution is 8.26. The number of nitrogens with zero attached hydrogens (tertiary/aromatic N) is 1. The van der Waals surface area contributed by atoms with Crippen molar-refractivity contribution in [1.82, 2.24) is 4.90 Å². The number of halogens is 2. The van der Waals surface area contributed by atoms with Gasteiger partial charge in [-0.25, -0.2) is 13.6 Å². The molecule has 0 spiro atoms. The van der Waals surface area contributed by atoms with Gasteiger partial charge in [-0.2, -0.15) is 0 Å². The van der Waals surface area contributed by atoms with Crippen LogP contribution in [0.15, 0.2) is 59.5 Å². The van der Waals surface area contributed by atoms with Crippen LogP contribution in [0.3, 0.4) is 0 Å². The third-order valence-corrected chi connectivity index (χ3v) is 7.09. The lowest BCUT2D eigenvalue weighted by Gasteiger charge is -2.14. The number of thiocarbonyl (C=S) groups is 1. The van der Waals surface area contributed by atoms with Crippen molar-refractivity contribution < 1.29 is 38.1 Å². The average molecular weight is 571 g/mol. The molecule has 39 heavy (non-hydrogen) atoms. The van der Waals surface area contributed by atoms with Crippen molar-refractivity contribution in [2.45, 2.75) is 6.42 Å². The second kappa shape index (κ2) is 11.6. The van der Waals surface area contributed by atoms with E-state index in [2.05, 4.69) is 5.32 Å². The van der Waals surface area contributed by atoms with Gasteiger partial charge in [0.2, 0.25) is 5.91 Å². The molecule has 0 aliphatic carbocycles. The Hall–Kier alpha value is -4.29. The van der Waals surface area contributed by atoms with Gasteiger partial charge in [0.1, 0.15) is 21.4 Å². The van der Waals surface area contributed by atoms with Crippen molar-refractivity contribution in [2.75, 3.05) is 19.0 Å². The number of aromatic carboxylic acids is 1. The third kappa shape index (κ3) is 6.24. The van der Waals surface area contributed by atoms with Crippen LogP contribution in [0, 0.1) is 11.6 Å². The zero-order valence-corrected chi connectivity index (χ0v) is 21.9. The number of hydrogen-bond acceptors (Lipinski definition) is 7. The van der Waals surface area contributed by atoms with Gasteiger partial charge in [-0.05, 0) is 53.6 Å². The fourth-order valence-electron chi connectivity index (χ4n) is 3.76. The van der Waals surface area contributed by atoms with E-state index in [0.717, 1.165) is 36.0 Å². The van der Waals surface area contributed by atoms with E-state index in [1.54, 1.807) is 24.3 Å². The van der Waals surface area contributed by atoms with Crippen LogP contribution < -0.4 is 10.1 Å². The fraction of sp³-hybridized carbons (Fsp3) is 0.111. The molecule has 3 aromatic rings. The van der Waals surface area contributed by atoms with E-state index in [1.165, 1.54) is 24.1 Å². The van der Waals surface area contributed by atoms with Gasteiger partial charge in [0.15, 0.2) is 11.6 Å². The number of hydrogen-bond donors (Lipinski definition) is 3. The number of anilines is 1. The van der Waals surface area contributed by atoms with E-state index in [4.69, 9.17) is 22.1 Å². The minimum atomic E-state index is -1.30. The molecule has 0 saturated carbocycles. The Morgan fingerprint density at radius 2 is 1.79 bits per heavy atom. The first-order valence-electron chi connectivity index (χ1n) is 11.3. The minimum absolute atomic E-state index is 0.0148. The molecule has 3 aromatic carbocycles. The molecule has 1 heterocycles. The lowest BCUT2D eigenvalue weighted by Crippen LogP contribution is -2.31. The number of aromatic hydroxyl groups is 1. The number of carbonyl (C=O) groups is 3. The second-order valence-electron chi connectivity index (χ2n) is 8.25. The molecule has 0 bridgehead atoms. The van der Waals surface area contributed by atoms with Crippen LogP contribution in [0.1, 0.15) is 22.3 Å². The summed E-state index contributed by atoms with van der Waals surface area (Å²) in [4.78, 5) is 38.1. The van der Waals surface area contributed by atoms with Crippen LogP contribution in [-0.4, -0.2) is 50.9 Å². The van der Waals surface area contributed by atoms with Crippen LogP contribution in [0.5, 0.6) is 11.5 Å². The Morgan fingerprint density at radius 3 is 2.46 bits per heavy atom. The SMILES string of the molecule is COc1ccc(-c2ccc(F)c(F)c2)cc1/C=C1\SC(=S)N(CCC(=O)Nc2ccc(C(=O)O)c(O)c2)C1=O. The fourth-order valence-corrected chi connectivity index (χ4v) is 5.06. The Morgan fingerprint density at radius 1 is 1.08 bits per heavy atom. The predicted octanol–water partition coefficient (Wildman–Crippen LogP) is 5.27. The van der Waals surface area contributed by atoms with Gasteiger partial charge in [0.05, 0.1) is 12.0 Å². The highest BCUT2D eigenvalue weighted by atomic mass is 32.2. The zero-order chi connectivity index (χ0) is 28.3. The quantitative estimate of drug-likeness (QED) is 0.248. The Labute approximate surface area is 230 Å². The molecule has 0 unspecified atom stereocenters. The topological polar surface area (TPSA) is 116 Å². The number of ether oxygens (including phenoxy) is 1. The largest absolute Gasteiger partial charge is 0.507 e. The molecule has 1 saturated heterocycles.